The van der Waals surface area contributed by atoms with Crippen molar-refractivity contribution in [3.8, 4) is 0 Å². The van der Waals surface area contributed by atoms with Gasteiger partial charge in [-0.05, 0) is 37.0 Å². The number of nitrogens with one attached hydrogen (secondary N) is 1. The second-order valence-corrected chi connectivity index (χ2v) is 11.8. The average Bonchev–Trinajstić information content (AvgIpc) is 2.50. The molecule has 3 heteroatoms. The summed E-state index contributed by atoms with van der Waals surface area (Å²) in [6.07, 6.45) is 2.55. The van der Waals surface area contributed by atoms with E-state index in [1.54, 1.807) is 0 Å². The van der Waals surface area contributed by atoms with Gasteiger partial charge < -0.3 is 9.74 Å². The van der Waals surface area contributed by atoms with Gasteiger partial charge >= 0.3 is 0 Å². The van der Waals surface area contributed by atoms with E-state index in [0.29, 0.717) is 0 Å². The third kappa shape index (κ3) is 3.21. The number of hydrogen-bond donors (Lipinski definition) is 1. The Kier molecular flexibility index (Phi) is 4.07. The summed E-state index contributed by atoms with van der Waals surface area (Å²) < 4.78 is 6.65. The van der Waals surface area contributed by atoms with Crippen LogP contribution >= 0.6 is 0 Å². The topological polar surface area (TPSA) is 21.3 Å². The monoisotopic (exact) mass is 277 g/mol. The Morgan fingerprint density at radius 2 is 1.89 bits per heavy atom. The highest BCUT2D eigenvalue weighted by Gasteiger charge is 2.39. The van der Waals surface area contributed by atoms with Crippen LogP contribution in [-0.4, -0.2) is 14.9 Å². The molecule has 0 saturated carbocycles. The molecule has 0 fully saturated rings. The lowest BCUT2D eigenvalue weighted by molar-refractivity contribution is 0.174. The van der Waals surface area contributed by atoms with Crippen molar-refractivity contribution in [1.29, 1.82) is 0 Å². The first kappa shape index (κ1) is 14.6. The van der Waals surface area contributed by atoms with E-state index in [9.17, 15) is 0 Å². The summed E-state index contributed by atoms with van der Waals surface area (Å²) in [6, 6.07) is 8.60. The second-order valence-electron chi connectivity index (χ2n) is 7.02. The fourth-order valence-electron chi connectivity index (χ4n) is 2.26. The molecule has 0 saturated heterocycles. The molecule has 0 bridgehead atoms. The van der Waals surface area contributed by atoms with Crippen molar-refractivity contribution in [2.75, 3.05) is 11.9 Å². The molecule has 1 aliphatic heterocycles. The van der Waals surface area contributed by atoms with Crippen LogP contribution in [0.2, 0.25) is 18.1 Å². The average molecular weight is 277 g/mol. The van der Waals surface area contributed by atoms with Gasteiger partial charge in [0.1, 0.15) is 0 Å². The Labute approximate surface area is 118 Å². The van der Waals surface area contributed by atoms with Crippen LogP contribution in [0, 0.1) is 0 Å². The first-order valence-electron chi connectivity index (χ1n) is 7.32. The minimum absolute atomic E-state index is 0.257. The molecule has 1 N–H and O–H groups in total. The largest absolute Gasteiger partial charge is 0.410 e. The molecule has 1 aliphatic rings. The quantitative estimate of drug-likeness (QED) is 0.772. The van der Waals surface area contributed by atoms with Gasteiger partial charge in [0.2, 0.25) is 0 Å². The maximum absolute atomic E-state index is 6.65. The zero-order valence-corrected chi connectivity index (χ0v) is 13.9. The standard InChI is InChI=1S/C16H27NOSi/c1-16(2,3)19(4,5)18-15-11-8-12-17-14-10-7-6-9-13(14)15/h6-7,9-10,15,17H,8,11-12H2,1-5H3. The van der Waals surface area contributed by atoms with Crippen molar-refractivity contribution in [2.24, 2.45) is 0 Å². The second kappa shape index (κ2) is 5.29. The lowest BCUT2D eigenvalue weighted by Crippen LogP contribution is -2.41. The van der Waals surface area contributed by atoms with E-state index in [-0.39, 0.29) is 11.1 Å². The number of hydrogen-bond acceptors (Lipinski definition) is 2. The van der Waals surface area contributed by atoms with Gasteiger partial charge in [-0.1, -0.05) is 39.0 Å². The molecule has 1 atom stereocenters. The number of fused-ring (bicyclic) bond motifs is 1. The highest BCUT2D eigenvalue weighted by atomic mass is 28.4. The molecular weight excluding hydrogens is 250 g/mol. The van der Waals surface area contributed by atoms with Crippen LogP contribution in [0.3, 0.4) is 0 Å². The minimum atomic E-state index is -1.71. The zero-order chi connectivity index (χ0) is 14.1. The third-order valence-corrected chi connectivity index (χ3v) is 9.00. The Balaban J connectivity index is 2.26. The summed E-state index contributed by atoms with van der Waals surface area (Å²) in [5.74, 6) is 0. The number of benzene rings is 1. The van der Waals surface area contributed by atoms with Crippen molar-refractivity contribution in [2.45, 2.75) is 57.8 Å². The first-order chi connectivity index (χ1) is 8.81. The molecule has 0 radical (unpaired) electrons. The highest BCUT2D eigenvalue weighted by molar-refractivity contribution is 6.74. The maximum atomic E-state index is 6.65. The molecule has 0 aromatic heterocycles. The van der Waals surface area contributed by atoms with Crippen LogP contribution in [0.25, 0.3) is 0 Å². The highest BCUT2D eigenvalue weighted by Crippen LogP contribution is 2.42. The van der Waals surface area contributed by atoms with Crippen LogP contribution < -0.4 is 5.32 Å². The van der Waals surface area contributed by atoms with Crippen molar-refractivity contribution in [3.63, 3.8) is 0 Å². The molecule has 1 aromatic carbocycles. The fourth-order valence-corrected chi connectivity index (χ4v) is 3.57. The van der Waals surface area contributed by atoms with Crippen molar-refractivity contribution in [3.05, 3.63) is 29.8 Å². The zero-order valence-electron chi connectivity index (χ0n) is 12.9. The summed E-state index contributed by atoms with van der Waals surface area (Å²) >= 11 is 0. The van der Waals surface area contributed by atoms with Gasteiger partial charge in [-0.15, -0.1) is 0 Å². The van der Waals surface area contributed by atoms with Gasteiger partial charge in [0.05, 0.1) is 6.10 Å². The van der Waals surface area contributed by atoms with E-state index in [2.05, 4.69) is 63.4 Å². The van der Waals surface area contributed by atoms with Crippen molar-refractivity contribution in [1.82, 2.24) is 0 Å². The van der Waals surface area contributed by atoms with E-state index in [0.717, 1.165) is 13.0 Å². The van der Waals surface area contributed by atoms with Gasteiger partial charge in [0.25, 0.3) is 0 Å². The molecule has 0 spiro atoms. The van der Waals surface area contributed by atoms with Crippen LogP contribution in [0.1, 0.15) is 45.3 Å². The van der Waals surface area contributed by atoms with Gasteiger partial charge in [0.15, 0.2) is 8.32 Å². The number of rotatable bonds is 2. The van der Waals surface area contributed by atoms with Crippen LogP contribution in [-0.2, 0) is 4.43 Å². The Morgan fingerprint density at radius 3 is 2.58 bits per heavy atom. The van der Waals surface area contributed by atoms with Crippen molar-refractivity contribution < 1.29 is 4.43 Å². The van der Waals surface area contributed by atoms with Gasteiger partial charge in [0, 0.05) is 17.8 Å². The molecule has 0 aliphatic carbocycles. The lowest BCUT2D eigenvalue weighted by Gasteiger charge is -2.39. The van der Waals surface area contributed by atoms with E-state index < -0.39 is 8.32 Å². The predicted octanol–water partition coefficient (Wildman–Crippen LogP) is 4.96. The summed E-state index contributed by atoms with van der Waals surface area (Å²) in [4.78, 5) is 0. The molecular formula is C16H27NOSi. The van der Waals surface area contributed by atoms with Gasteiger partial charge in [-0.2, -0.15) is 0 Å². The number of anilines is 1. The summed E-state index contributed by atoms with van der Waals surface area (Å²) in [7, 11) is -1.71. The molecule has 1 aromatic rings. The van der Waals surface area contributed by atoms with Gasteiger partial charge in [-0.3, -0.25) is 0 Å². The summed E-state index contributed by atoms with van der Waals surface area (Å²) in [5, 5.41) is 3.78. The van der Waals surface area contributed by atoms with Crippen LogP contribution in [0.15, 0.2) is 24.3 Å². The van der Waals surface area contributed by atoms with E-state index in [1.807, 2.05) is 0 Å². The normalized spacial score (nSPS) is 20.4. The smallest absolute Gasteiger partial charge is 0.192 e. The van der Waals surface area contributed by atoms with Gasteiger partial charge in [-0.25, -0.2) is 0 Å². The molecule has 2 nitrogen and oxygen atoms in total. The molecule has 1 unspecified atom stereocenters. The lowest BCUT2D eigenvalue weighted by atomic mass is 10.1. The number of para-hydroxylation sites is 1. The minimum Gasteiger partial charge on any atom is -0.410 e. The third-order valence-electron chi connectivity index (χ3n) is 4.51. The molecule has 106 valence electrons. The fraction of sp³-hybridized carbons (Fsp3) is 0.625. The molecule has 0 amide bonds. The van der Waals surface area contributed by atoms with E-state index in [1.165, 1.54) is 17.7 Å². The summed E-state index contributed by atoms with van der Waals surface area (Å²) in [5.41, 5.74) is 2.59. The predicted molar refractivity (Wildman–Crippen MR) is 85.2 cm³/mol. The molecule has 2 rings (SSSR count). The van der Waals surface area contributed by atoms with E-state index in [4.69, 9.17) is 4.43 Å². The van der Waals surface area contributed by atoms with Crippen molar-refractivity contribution >= 4 is 14.0 Å². The maximum Gasteiger partial charge on any atom is 0.192 e. The Hall–Kier alpha value is -0.803. The summed E-state index contributed by atoms with van der Waals surface area (Å²) in [6.45, 7) is 12.6. The van der Waals surface area contributed by atoms with Crippen LogP contribution in [0.5, 0.6) is 0 Å². The first-order valence-corrected chi connectivity index (χ1v) is 10.2. The molecule has 19 heavy (non-hydrogen) atoms. The van der Waals surface area contributed by atoms with E-state index >= 15 is 0 Å². The molecule has 1 heterocycles. The SMILES string of the molecule is CC(C)(C)[Si](C)(C)OC1CCCNc2ccccc21. The Bertz CT molecular complexity index is 437. The van der Waals surface area contributed by atoms with Crippen LogP contribution in [0.4, 0.5) is 5.69 Å². The Morgan fingerprint density at radius 1 is 1.21 bits per heavy atom.